The van der Waals surface area contributed by atoms with Gasteiger partial charge < -0.3 is 0 Å². The molecule has 0 fully saturated rings. The van der Waals surface area contributed by atoms with E-state index in [0.717, 1.165) is 6.07 Å². The first-order valence-electron chi connectivity index (χ1n) is 5.28. The fraction of sp³-hybridized carbons (Fsp3) is 0. The van der Waals surface area contributed by atoms with Crippen LogP contribution in [0.5, 0.6) is 0 Å². The van der Waals surface area contributed by atoms with Gasteiger partial charge in [0.25, 0.3) is 21.9 Å². The van der Waals surface area contributed by atoms with Crippen LogP contribution in [-0.2, 0) is 10.1 Å². The standard InChI is InChI=1S/C12H7NO5S/c14-11-7-3-1-2-6-9(19(16,17)18)5-4-8(10(6)7)12(15)13-11/h1-5H,(H,13,14,15)(H,16,17,18). The molecule has 96 valence electrons. The number of imide groups is 1. The second-order valence-corrected chi connectivity index (χ2v) is 5.49. The lowest BCUT2D eigenvalue weighted by atomic mass is 9.95. The molecule has 7 heteroatoms. The Morgan fingerprint density at radius 2 is 1.58 bits per heavy atom. The van der Waals surface area contributed by atoms with Gasteiger partial charge in [0.15, 0.2) is 0 Å². The smallest absolute Gasteiger partial charge is 0.288 e. The average Bonchev–Trinajstić information content (AvgIpc) is 2.33. The molecule has 2 amide bonds. The molecule has 1 aliphatic rings. The molecule has 0 saturated carbocycles. The molecule has 2 N–H and O–H groups in total. The van der Waals surface area contributed by atoms with E-state index in [-0.39, 0.29) is 26.8 Å². The van der Waals surface area contributed by atoms with Crippen molar-refractivity contribution in [2.24, 2.45) is 0 Å². The van der Waals surface area contributed by atoms with Gasteiger partial charge in [-0.2, -0.15) is 8.42 Å². The van der Waals surface area contributed by atoms with Crippen molar-refractivity contribution in [3.63, 3.8) is 0 Å². The molecule has 1 heterocycles. The van der Waals surface area contributed by atoms with E-state index in [0.29, 0.717) is 0 Å². The molecule has 6 nitrogen and oxygen atoms in total. The van der Waals surface area contributed by atoms with Gasteiger partial charge in [0.2, 0.25) is 0 Å². The van der Waals surface area contributed by atoms with E-state index >= 15 is 0 Å². The first kappa shape index (κ1) is 11.8. The summed E-state index contributed by atoms with van der Waals surface area (Å²) < 4.78 is 31.8. The Kier molecular flexibility index (Phi) is 2.25. The lowest BCUT2D eigenvalue weighted by Crippen LogP contribution is -2.34. The molecule has 0 unspecified atom stereocenters. The van der Waals surface area contributed by atoms with Crippen molar-refractivity contribution in [2.75, 3.05) is 0 Å². The molecule has 0 bridgehead atoms. The molecule has 0 aromatic heterocycles. The summed E-state index contributed by atoms with van der Waals surface area (Å²) in [6, 6.07) is 6.84. The summed E-state index contributed by atoms with van der Waals surface area (Å²) >= 11 is 0. The average molecular weight is 277 g/mol. The lowest BCUT2D eigenvalue weighted by molar-refractivity contribution is 0.0845. The molecule has 3 rings (SSSR count). The van der Waals surface area contributed by atoms with Crippen LogP contribution in [-0.4, -0.2) is 24.8 Å². The van der Waals surface area contributed by atoms with E-state index in [1.807, 2.05) is 0 Å². The largest absolute Gasteiger partial charge is 0.295 e. The molecular weight excluding hydrogens is 270 g/mol. The molecule has 0 radical (unpaired) electrons. The van der Waals surface area contributed by atoms with Crippen LogP contribution in [0.25, 0.3) is 10.8 Å². The molecule has 0 saturated heterocycles. The van der Waals surface area contributed by atoms with Gasteiger partial charge in [0, 0.05) is 21.9 Å². The molecule has 2 aromatic rings. The predicted octanol–water partition coefficient (Wildman–Crippen LogP) is 0.970. The SMILES string of the molecule is O=C1NC(=O)c2ccc(S(=O)(=O)O)c3cccc1c23. The first-order valence-corrected chi connectivity index (χ1v) is 6.72. The van der Waals surface area contributed by atoms with Crippen LogP contribution in [0.15, 0.2) is 35.2 Å². The topological polar surface area (TPSA) is 101 Å². The molecule has 0 spiro atoms. The van der Waals surface area contributed by atoms with Crippen LogP contribution in [0, 0.1) is 0 Å². The summed E-state index contributed by atoms with van der Waals surface area (Å²) in [6.07, 6.45) is 0. The Hall–Kier alpha value is -2.25. The summed E-state index contributed by atoms with van der Waals surface area (Å²) in [4.78, 5) is 23.1. The molecule has 0 aliphatic carbocycles. The van der Waals surface area contributed by atoms with Crippen LogP contribution in [0.2, 0.25) is 0 Å². The van der Waals surface area contributed by atoms with E-state index in [1.165, 1.54) is 24.3 Å². The Morgan fingerprint density at radius 1 is 0.947 bits per heavy atom. The van der Waals surface area contributed by atoms with Gasteiger partial charge in [0.1, 0.15) is 4.90 Å². The monoisotopic (exact) mass is 277 g/mol. The van der Waals surface area contributed by atoms with Gasteiger partial charge in [-0.3, -0.25) is 19.5 Å². The highest BCUT2D eigenvalue weighted by Crippen LogP contribution is 2.31. The Morgan fingerprint density at radius 3 is 2.21 bits per heavy atom. The van der Waals surface area contributed by atoms with Crippen molar-refractivity contribution < 1.29 is 22.6 Å². The Bertz CT molecular complexity index is 834. The van der Waals surface area contributed by atoms with E-state index < -0.39 is 21.9 Å². The van der Waals surface area contributed by atoms with Crippen molar-refractivity contribution in [3.05, 3.63) is 41.5 Å². The van der Waals surface area contributed by atoms with E-state index in [2.05, 4.69) is 5.32 Å². The second-order valence-electron chi connectivity index (χ2n) is 4.10. The van der Waals surface area contributed by atoms with Gasteiger partial charge in [-0.25, -0.2) is 0 Å². The number of amides is 2. The van der Waals surface area contributed by atoms with Crippen LogP contribution in [0.3, 0.4) is 0 Å². The number of benzene rings is 2. The van der Waals surface area contributed by atoms with Crippen molar-refractivity contribution >= 4 is 32.7 Å². The molecule has 2 aromatic carbocycles. The van der Waals surface area contributed by atoms with E-state index in [1.54, 1.807) is 0 Å². The third kappa shape index (κ3) is 1.63. The zero-order valence-electron chi connectivity index (χ0n) is 9.38. The minimum Gasteiger partial charge on any atom is -0.288 e. The zero-order chi connectivity index (χ0) is 13.8. The third-order valence-corrected chi connectivity index (χ3v) is 3.91. The van der Waals surface area contributed by atoms with Crippen molar-refractivity contribution in [1.29, 1.82) is 0 Å². The molecular formula is C12H7NO5S. The number of nitrogens with one attached hydrogen (secondary N) is 1. The first-order chi connectivity index (χ1) is 8.89. The van der Waals surface area contributed by atoms with Gasteiger partial charge >= 0.3 is 0 Å². The summed E-state index contributed by atoms with van der Waals surface area (Å²) in [5.41, 5.74) is 0.412. The zero-order valence-corrected chi connectivity index (χ0v) is 10.2. The maximum atomic E-state index is 11.7. The van der Waals surface area contributed by atoms with Gasteiger partial charge in [-0.1, -0.05) is 12.1 Å². The highest BCUT2D eigenvalue weighted by molar-refractivity contribution is 7.86. The predicted molar refractivity (Wildman–Crippen MR) is 65.6 cm³/mol. The number of hydrogen-bond donors (Lipinski definition) is 2. The van der Waals surface area contributed by atoms with Crippen LogP contribution in [0.4, 0.5) is 0 Å². The second kappa shape index (κ2) is 3.62. The number of rotatable bonds is 1. The Labute approximate surface area is 107 Å². The maximum Gasteiger partial charge on any atom is 0.295 e. The quantitative estimate of drug-likeness (QED) is 0.597. The van der Waals surface area contributed by atoms with Crippen LogP contribution >= 0.6 is 0 Å². The number of carbonyl (C=O) groups excluding carboxylic acids is 2. The molecule has 1 aliphatic heterocycles. The van der Waals surface area contributed by atoms with Crippen molar-refractivity contribution in [1.82, 2.24) is 5.32 Å². The maximum absolute atomic E-state index is 11.7. The molecule has 0 atom stereocenters. The highest BCUT2D eigenvalue weighted by atomic mass is 32.2. The van der Waals surface area contributed by atoms with E-state index in [9.17, 15) is 22.6 Å². The fourth-order valence-corrected chi connectivity index (χ4v) is 2.91. The van der Waals surface area contributed by atoms with Crippen LogP contribution < -0.4 is 5.32 Å². The summed E-state index contributed by atoms with van der Waals surface area (Å²) in [5, 5.41) is 2.56. The minimum atomic E-state index is -4.43. The lowest BCUT2D eigenvalue weighted by Gasteiger charge is -2.17. The Balaban J connectivity index is 2.56. The fourth-order valence-electron chi connectivity index (χ4n) is 2.22. The van der Waals surface area contributed by atoms with Crippen molar-refractivity contribution in [3.8, 4) is 0 Å². The molecule has 19 heavy (non-hydrogen) atoms. The van der Waals surface area contributed by atoms with Gasteiger partial charge in [-0.15, -0.1) is 0 Å². The number of carbonyl (C=O) groups is 2. The normalized spacial score (nSPS) is 14.6. The van der Waals surface area contributed by atoms with Crippen LogP contribution in [0.1, 0.15) is 20.7 Å². The van der Waals surface area contributed by atoms with E-state index in [4.69, 9.17) is 0 Å². The summed E-state index contributed by atoms with van der Waals surface area (Å²) in [7, 11) is -4.43. The minimum absolute atomic E-state index is 0.153. The number of hydrogen-bond acceptors (Lipinski definition) is 4. The van der Waals surface area contributed by atoms with Gasteiger partial charge in [-0.05, 0) is 18.2 Å². The van der Waals surface area contributed by atoms with Crippen molar-refractivity contribution in [2.45, 2.75) is 4.90 Å². The highest BCUT2D eigenvalue weighted by Gasteiger charge is 2.27. The van der Waals surface area contributed by atoms with Gasteiger partial charge in [0.05, 0.1) is 0 Å². The summed E-state index contributed by atoms with van der Waals surface area (Å²) in [5.74, 6) is -1.17. The third-order valence-electron chi connectivity index (χ3n) is 2.99. The summed E-state index contributed by atoms with van der Waals surface area (Å²) in [6.45, 7) is 0.